The van der Waals surface area contributed by atoms with Gasteiger partial charge in [0, 0.05) is 18.8 Å². The average Bonchev–Trinajstić information content (AvgIpc) is 2.72. The SMILES string of the molecule is COc1cc2c(cc1OC)CN(C(=O)CC(=O)Nc1cccc(C#N)c1)CC2. The number of rotatable bonds is 5. The van der Waals surface area contributed by atoms with Crippen molar-refractivity contribution >= 4 is 17.5 Å². The normalized spacial score (nSPS) is 12.5. The summed E-state index contributed by atoms with van der Waals surface area (Å²) in [6.45, 7) is 0.963. The van der Waals surface area contributed by atoms with Gasteiger partial charge in [-0.1, -0.05) is 6.07 Å². The Bertz CT molecular complexity index is 949. The van der Waals surface area contributed by atoms with Gasteiger partial charge < -0.3 is 19.7 Å². The van der Waals surface area contributed by atoms with Crippen molar-refractivity contribution in [1.82, 2.24) is 4.90 Å². The molecule has 0 saturated heterocycles. The number of nitriles is 1. The van der Waals surface area contributed by atoms with Crippen LogP contribution >= 0.6 is 0 Å². The van der Waals surface area contributed by atoms with Gasteiger partial charge in [0.15, 0.2) is 11.5 Å². The maximum absolute atomic E-state index is 12.6. The molecule has 3 rings (SSSR count). The Labute approximate surface area is 163 Å². The molecule has 0 saturated carbocycles. The molecule has 28 heavy (non-hydrogen) atoms. The van der Waals surface area contributed by atoms with Crippen LogP contribution in [0.3, 0.4) is 0 Å². The number of nitrogens with zero attached hydrogens (tertiary/aromatic N) is 2. The molecule has 0 fully saturated rings. The predicted octanol–water partition coefficient (Wildman–Crippen LogP) is 2.49. The van der Waals surface area contributed by atoms with Crippen LogP contribution < -0.4 is 14.8 Å². The van der Waals surface area contributed by atoms with Gasteiger partial charge in [-0.05, 0) is 47.9 Å². The largest absolute Gasteiger partial charge is 0.493 e. The summed E-state index contributed by atoms with van der Waals surface area (Å²) in [5.74, 6) is 0.637. The fourth-order valence-electron chi connectivity index (χ4n) is 3.22. The molecule has 1 heterocycles. The zero-order chi connectivity index (χ0) is 20.1. The van der Waals surface area contributed by atoms with Crippen molar-refractivity contribution in [1.29, 1.82) is 5.26 Å². The molecular weight excluding hydrogens is 358 g/mol. The molecule has 1 aliphatic rings. The van der Waals surface area contributed by atoms with Crippen molar-refractivity contribution in [3.8, 4) is 17.6 Å². The number of amides is 2. The fourth-order valence-corrected chi connectivity index (χ4v) is 3.22. The maximum Gasteiger partial charge on any atom is 0.233 e. The fraction of sp³-hybridized carbons (Fsp3) is 0.286. The van der Waals surface area contributed by atoms with Gasteiger partial charge in [0.05, 0.1) is 25.9 Å². The van der Waals surface area contributed by atoms with Crippen molar-refractivity contribution in [3.63, 3.8) is 0 Å². The van der Waals surface area contributed by atoms with Crippen LogP contribution in [0.15, 0.2) is 36.4 Å². The lowest BCUT2D eigenvalue weighted by Gasteiger charge is -2.29. The standard InChI is InChI=1S/C21H21N3O4/c1-27-18-9-15-6-7-24(13-16(15)10-19(18)28-2)21(26)11-20(25)23-17-5-3-4-14(8-17)12-22/h3-5,8-10H,6-7,11,13H2,1-2H3,(H,23,25). The minimum atomic E-state index is -0.404. The van der Waals surface area contributed by atoms with Crippen molar-refractivity contribution < 1.29 is 19.1 Å². The van der Waals surface area contributed by atoms with Crippen LogP contribution in [0.4, 0.5) is 5.69 Å². The van der Waals surface area contributed by atoms with Crippen LogP contribution in [0.1, 0.15) is 23.1 Å². The molecule has 0 spiro atoms. The van der Waals surface area contributed by atoms with Crippen LogP contribution in [0.25, 0.3) is 0 Å². The van der Waals surface area contributed by atoms with Crippen LogP contribution in [-0.4, -0.2) is 37.5 Å². The van der Waals surface area contributed by atoms with Crippen LogP contribution in [-0.2, 0) is 22.6 Å². The molecule has 0 aliphatic carbocycles. The highest BCUT2D eigenvalue weighted by molar-refractivity contribution is 6.03. The van der Waals surface area contributed by atoms with E-state index in [1.54, 1.807) is 43.4 Å². The van der Waals surface area contributed by atoms with Gasteiger partial charge in [0.2, 0.25) is 11.8 Å². The van der Waals surface area contributed by atoms with Gasteiger partial charge in [-0.3, -0.25) is 9.59 Å². The van der Waals surface area contributed by atoms with Gasteiger partial charge in [-0.15, -0.1) is 0 Å². The topological polar surface area (TPSA) is 91.7 Å². The number of hydrogen-bond acceptors (Lipinski definition) is 5. The van der Waals surface area contributed by atoms with Gasteiger partial charge in [0.1, 0.15) is 6.42 Å². The molecule has 0 aromatic heterocycles. The van der Waals surface area contributed by atoms with E-state index in [4.69, 9.17) is 14.7 Å². The number of anilines is 1. The number of fused-ring (bicyclic) bond motifs is 1. The van der Waals surface area contributed by atoms with Gasteiger partial charge >= 0.3 is 0 Å². The first-order valence-corrected chi connectivity index (χ1v) is 8.85. The summed E-state index contributed by atoms with van der Waals surface area (Å²) >= 11 is 0. The van der Waals surface area contributed by atoms with E-state index in [1.165, 1.54) is 0 Å². The molecule has 0 atom stereocenters. The Kier molecular flexibility index (Phi) is 5.80. The third-order valence-electron chi connectivity index (χ3n) is 4.66. The maximum atomic E-state index is 12.6. The zero-order valence-corrected chi connectivity index (χ0v) is 15.8. The molecule has 0 radical (unpaired) electrons. The zero-order valence-electron chi connectivity index (χ0n) is 15.8. The Morgan fingerprint density at radius 3 is 2.54 bits per heavy atom. The summed E-state index contributed by atoms with van der Waals surface area (Å²) in [5, 5.41) is 11.6. The van der Waals surface area contributed by atoms with Gasteiger partial charge in [-0.25, -0.2) is 0 Å². The second kappa shape index (κ2) is 8.44. The minimum absolute atomic E-state index is 0.241. The van der Waals surface area contributed by atoms with Crippen molar-refractivity contribution in [3.05, 3.63) is 53.1 Å². The molecule has 2 amide bonds. The third kappa shape index (κ3) is 4.23. The molecular formula is C21H21N3O4. The quantitative estimate of drug-likeness (QED) is 0.806. The van der Waals surface area contributed by atoms with E-state index in [0.29, 0.717) is 42.3 Å². The van der Waals surface area contributed by atoms with Crippen molar-refractivity contribution in [2.24, 2.45) is 0 Å². The van der Waals surface area contributed by atoms with Gasteiger partial charge in [-0.2, -0.15) is 5.26 Å². The number of benzene rings is 2. The van der Waals surface area contributed by atoms with Crippen LogP contribution in [0.2, 0.25) is 0 Å². The first kappa shape index (κ1) is 19.2. The molecule has 0 unspecified atom stereocenters. The summed E-state index contributed by atoms with van der Waals surface area (Å²) in [7, 11) is 3.16. The molecule has 144 valence electrons. The summed E-state index contributed by atoms with van der Waals surface area (Å²) < 4.78 is 10.7. The number of hydrogen-bond donors (Lipinski definition) is 1. The molecule has 7 heteroatoms. The van der Waals surface area contributed by atoms with E-state index in [-0.39, 0.29) is 12.3 Å². The third-order valence-corrected chi connectivity index (χ3v) is 4.66. The number of carbonyl (C=O) groups is 2. The van der Waals surface area contributed by atoms with E-state index in [0.717, 1.165) is 11.1 Å². The first-order valence-electron chi connectivity index (χ1n) is 8.85. The lowest BCUT2D eigenvalue weighted by atomic mass is 9.98. The number of methoxy groups -OCH3 is 2. The van der Waals surface area contributed by atoms with Crippen molar-refractivity contribution in [2.45, 2.75) is 19.4 Å². The monoisotopic (exact) mass is 379 g/mol. The molecule has 0 bridgehead atoms. The lowest BCUT2D eigenvalue weighted by molar-refractivity contribution is -0.135. The first-order chi connectivity index (χ1) is 13.5. The highest BCUT2D eigenvalue weighted by Gasteiger charge is 2.24. The van der Waals surface area contributed by atoms with E-state index in [9.17, 15) is 9.59 Å². The molecule has 1 N–H and O–H groups in total. The molecule has 7 nitrogen and oxygen atoms in total. The van der Waals surface area contributed by atoms with E-state index >= 15 is 0 Å². The van der Waals surface area contributed by atoms with E-state index in [2.05, 4.69) is 5.32 Å². The van der Waals surface area contributed by atoms with E-state index < -0.39 is 5.91 Å². The number of carbonyl (C=O) groups excluding carboxylic acids is 2. The predicted molar refractivity (Wildman–Crippen MR) is 103 cm³/mol. The highest BCUT2D eigenvalue weighted by Crippen LogP contribution is 2.33. The van der Waals surface area contributed by atoms with Crippen LogP contribution in [0.5, 0.6) is 11.5 Å². The van der Waals surface area contributed by atoms with Crippen molar-refractivity contribution in [2.75, 3.05) is 26.1 Å². The Hall–Kier alpha value is -3.53. The second-order valence-electron chi connectivity index (χ2n) is 6.46. The summed E-state index contributed by atoms with van der Waals surface area (Å²) in [6, 6.07) is 12.4. The Balaban J connectivity index is 1.64. The molecule has 2 aromatic carbocycles. The summed E-state index contributed by atoms with van der Waals surface area (Å²) in [4.78, 5) is 26.4. The smallest absolute Gasteiger partial charge is 0.233 e. The van der Waals surface area contributed by atoms with E-state index in [1.807, 2.05) is 18.2 Å². The number of nitrogens with one attached hydrogen (secondary N) is 1. The van der Waals surface area contributed by atoms with Crippen LogP contribution in [0, 0.1) is 11.3 Å². The summed E-state index contributed by atoms with van der Waals surface area (Å²) in [5.41, 5.74) is 3.04. The minimum Gasteiger partial charge on any atom is -0.493 e. The molecule has 2 aromatic rings. The second-order valence-corrected chi connectivity index (χ2v) is 6.46. The Morgan fingerprint density at radius 1 is 1.14 bits per heavy atom. The molecule has 1 aliphatic heterocycles. The average molecular weight is 379 g/mol. The lowest BCUT2D eigenvalue weighted by Crippen LogP contribution is -2.37. The van der Waals surface area contributed by atoms with Gasteiger partial charge in [0.25, 0.3) is 0 Å². The Morgan fingerprint density at radius 2 is 1.86 bits per heavy atom. The highest BCUT2D eigenvalue weighted by atomic mass is 16.5. The summed E-state index contributed by atoms with van der Waals surface area (Å²) in [6.07, 6.45) is 0.437. The number of ether oxygens (including phenoxy) is 2.